The van der Waals surface area contributed by atoms with Gasteiger partial charge in [-0.15, -0.1) is 0 Å². The van der Waals surface area contributed by atoms with Gasteiger partial charge in [0, 0.05) is 12.7 Å². The van der Waals surface area contributed by atoms with Crippen molar-refractivity contribution in [3.8, 4) is 0 Å². The smallest absolute Gasteiger partial charge is 0.277 e. The number of nitrogens with zero attached hydrogens (tertiary/aromatic N) is 1. The van der Waals surface area contributed by atoms with E-state index >= 15 is 0 Å². The van der Waals surface area contributed by atoms with Crippen molar-refractivity contribution in [2.45, 2.75) is 20.4 Å². The fourth-order valence-electron chi connectivity index (χ4n) is 2.82. The van der Waals surface area contributed by atoms with Crippen molar-refractivity contribution in [2.75, 3.05) is 32.5 Å². The molecule has 0 heterocycles. The maximum absolute atomic E-state index is 13.9. The molecule has 7 heteroatoms. The Hall–Kier alpha value is -2.44. The molecule has 2 amide bonds. The van der Waals surface area contributed by atoms with E-state index in [-0.39, 0.29) is 37.3 Å². The van der Waals surface area contributed by atoms with E-state index in [1.165, 1.54) is 11.0 Å². The fourth-order valence-corrected chi connectivity index (χ4v) is 3.05. The van der Waals surface area contributed by atoms with Gasteiger partial charge in [0.1, 0.15) is 12.4 Å². The maximum atomic E-state index is 13.9. The summed E-state index contributed by atoms with van der Waals surface area (Å²) in [5, 5.41) is 3.18. The number of halogens is 2. The van der Waals surface area contributed by atoms with Crippen molar-refractivity contribution in [3.05, 3.63) is 63.9 Å². The minimum atomic E-state index is -0.388. The molecule has 2 aromatic rings. The van der Waals surface area contributed by atoms with Crippen LogP contribution >= 0.6 is 11.6 Å². The van der Waals surface area contributed by atoms with E-state index in [4.69, 9.17) is 11.6 Å². The van der Waals surface area contributed by atoms with E-state index in [0.29, 0.717) is 10.6 Å². The van der Waals surface area contributed by atoms with E-state index in [1.807, 2.05) is 32.0 Å². The molecule has 0 aliphatic carbocycles. The first-order valence-electron chi connectivity index (χ1n) is 9.02. The van der Waals surface area contributed by atoms with Gasteiger partial charge in [-0.25, -0.2) is 4.39 Å². The second-order valence-electron chi connectivity index (χ2n) is 7.13. The van der Waals surface area contributed by atoms with Crippen molar-refractivity contribution < 1.29 is 18.9 Å². The number of likely N-dealkylation sites (N-methyl/N-ethyl adjacent to an activating group) is 2. The summed E-state index contributed by atoms with van der Waals surface area (Å²) in [6.07, 6.45) is 0. The van der Waals surface area contributed by atoms with Crippen LogP contribution in [-0.2, 0) is 16.1 Å². The lowest BCUT2D eigenvalue weighted by Crippen LogP contribution is -3.09. The molecule has 0 saturated carbocycles. The molecule has 2 N–H and O–H groups in total. The van der Waals surface area contributed by atoms with Crippen LogP contribution in [0.2, 0.25) is 5.02 Å². The van der Waals surface area contributed by atoms with E-state index in [9.17, 15) is 14.0 Å². The van der Waals surface area contributed by atoms with Crippen LogP contribution in [0.5, 0.6) is 0 Å². The molecule has 28 heavy (non-hydrogen) atoms. The highest BCUT2D eigenvalue weighted by Crippen LogP contribution is 2.18. The van der Waals surface area contributed by atoms with Gasteiger partial charge in [0.25, 0.3) is 5.91 Å². The lowest BCUT2D eigenvalue weighted by Gasteiger charge is -2.20. The number of carbonyl (C=O) groups is 2. The molecule has 0 spiro atoms. The number of anilines is 1. The molecule has 0 aromatic heterocycles. The second-order valence-corrected chi connectivity index (χ2v) is 7.53. The molecule has 0 aliphatic heterocycles. The highest BCUT2D eigenvalue weighted by molar-refractivity contribution is 6.31. The number of carbonyl (C=O) groups excluding carboxylic acids is 2. The van der Waals surface area contributed by atoms with Crippen LogP contribution in [0.4, 0.5) is 10.1 Å². The molecule has 0 aliphatic rings. The molecular weight excluding hydrogens is 381 g/mol. The van der Waals surface area contributed by atoms with Crippen LogP contribution in [-0.4, -0.2) is 43.9 Å². The normalized spacial score (nSPS) is 11.8. The number of hydrogen-bond acceptors (Lipinski definition) is 2. The van der Waals surface area contributed by atoms with Gasteiger partial charge in [-0.2, -0.15) is 0 Å². The number of quaternary nitrogens is 1. The molecule has 150 valence electrons. The third kappa shape index (κ3) is 6.04. The number of rotatable bonds is 7. The Labute approximate surface area is 170 Å². The van der Waals surface area contributed by atoms with Crippen LogP contribution < -0.4 is 10.2 Å². The van der Waals surface area contributed by atoms with Crippen LogP contribution in [0.1, 0.15) is 16.7 Å². The van der Waals surface area contributed by atoms with E-state index < -0.39 is 0 Å². The molecule has 0 fully saturated rings. The van der Waals surface area contributed by atoms with Gasteiger partial charge < -0.3 is 15.1 Å². The third-order valence-electron chi connectivity index (χ3n) is 4.47. The Balaban J connectivity index is 1.89. The fraction of sp³-hybridized carbons (Fsp3) is 0.333. The van der Waals surface area contributed by atoms with Crippen molar-refractivity contribution >= 4 is 29.1 Å². The van der Waals surface area contributed by atoms with Gasteiger partial charge in [0.15, 0.2) is 6.54 Å². The number of hydrogen-bond donors (Lipinski definition) is 2. The molecule has 1 unspecified atom stereocenters. The van der Waals surface area contributed by atoms with Gasteiger partial charge in [0.2, 0.25) is 5.91 Å². The van der Waals surface area contributed by atoms with E-state index in [1.54, 1.807) is 26.2 Å². The zero-order valence-corrected chi connectivity index (χ0v) is 17.4. The number of aryl methyl sites for hydroxylation is 2. The Morgan fingerprint density at radius 3 is 2.61 bits per heavy atom. The monoisotopic (exact) mass is 406 g/mol. The second kappa shape index (κ2) is 9.66. The Kier molecular flexibility index (Phi) is 7.54. The maximum Gasteiger partial charge on any atom is 0.277 e. The quantitative estimate of drug-likeness (QED) is 0.740. The number of nitrogens with one attached hydrogen (secondary N) is 2. The molecule has 1 atom stereocenters. The summed E-state index contributed by atoms with van der Waals surface area (Å²) in [6.45, 7) is 4.21. The van der Waals surface area contributed by atoms with Gasteiger partial charge in [-0.1, -0.05) is 29.8 Å². The summed E-state index contributed by atoms with van der Waals surface area (Å²) < 4.78 is 13.9. The van der Waals surface area contributed by atoms with Gasteiger partial charge in [-0.3, -0.25) is 9.59 Å². The third-order valence-corrected chi connectivity index (χ3v) is 4.82. The van der Waals surface area contributed by atoms with E-state index in [2.05, 4.69) is 5.32 Å². The lowest BCUT2D eigenvalue weighted by atomic mass is 10.1. The van der Waals surface area contributed by atoms with Crippen molar-refractivity contribution in [3.63, 3.8) is 0 Å². The van der Waals surface area contributed by atoms with Gasteiger partial charge >= 0.3 is 0 Å². The Morgan fingerprint density at radius 1 is 1.21 bits per heavy atom. The van der Waals surface area contributed by atoms with Gasteiger partial charge in [-0.05, 0) is 43.2 Å². The first-order chi connectivity index (χ1) is 13.2. The summed E-state index contributed by atoms with van der Waals surface area (Å²) in [5.74, 6) is -0.860. The molecule has 2 aromatic carbocycles. The molecule has 0 saturated heterocycles. The molecule has 5 nitrogen and oxygen atoms in total. The van der Waals surface area contributed by atoms with Crippen molar-refractivity contribution in [1.82, 2.24) is 4.90 Å². The predicted molar refractivity (Wildman–Crippen MR) is 109 cm³/mol. The highest BCUT2D eigenvalue weighted by atomic mass is 35.5. The first-order valence-corrected chi connectivity index (χ1v) is 9.40. The average Bonchev–Trinajstić information content (AvgIpc) is 2.61. The predicted octanol–water partition coefficient (Wildman–Crippen LogP) is 2.21. The Morgan fingerprint density at radius 2 is 1.93 bits per heavy atom. The zero-order chi connectivity index (χ0) is 20.8. The van der Waals surface area contributed by atoms with Crippen LogP contribution in [0, 0.1) is 19.7 Å². The van der Waals surface area contributed by atoms with Crippen LogP contribution in [0.25, 0.3) is 0 Å². The molecule has 0 radical (unpaired) electrons. The van der Waals surface area contributed by atoms with Crippen LogP contribution in [0.15, 0.2) is 36.4 Å². The molecule has 0 bridgehead atoms. The summed E-state index contributed by atoms with van der Waals surface area (Å²) in [7, 11) is 3.36. The largest absolute Gasteiger partial charge is 0.332 e. The van der Waals surface area contributed by atoms with Crippen molar-refractivity contribution in [2.24, 2.45) is 0 Å². The SMILES string of the molecule is Cc1ccc(C)c(NC(=O)CN(C)C(=O)C[NH+](C)Cc2c(F)cccc2Cl)c1. The summed E-state index contributed by atoms with van der Waals surface area (Å²) >= 11 is 6.04. The number of benzene rings is 2. The lowest BCUT2D eigenvalue weighted by molar-refractivity contribution is -0.885. The Bertz CT molecular complexity index is 852. The number of amides is 2. The zero-order valence-electron chi connectivity index (χ0n) is 16.6. The minimum absolute atomic E-state index is 0.0556. The topological polar surface area (TPSA) is 53.9 Å². The minimum Gasteiger partial charge on any atom is -0.332 e. The summed E-state index contributed by atoms with van der Waals surface area (Å²) in [6, 6.07) is 10.3. The highest BCUT2D eigenvalue weighted by Gasteiger charge is 2.19. The molecule has 2 rings (SSSR count). The van der Waals surface area contributed by atoms with Crippen molar-refractivity contribution in [1.29, 1.82) is 0 Å². The standard InChI is InChI=1S/C21H25ClFN3O2/c1-14-8-9-15(2)19(10-14)24-20(27)12-26(4)21(28)13-25(3)11-16-17(22)6-5-7-18(16)23/h5-10H,11-13H2,1-4H3,(H,24,27)/p+1. The average molecular weight is 407 g/mol. The van der Waals surface area contributed by atoms with Crippen LogP contribution in [0.3, 0.4) is 0 Å². The summed E-state index contributed by atoms with van der Waals surface area (Å²) in [4.78, 5) is 26.8. The first kappa shape index (κ1) is 21.9. The molecular formula is C21H26ClFN3O2+. The van der Waals surface area contributed by atoms with E-state index in [0.717, 1.165) is 21.7 Å². The van der Waals surface area contributed by atoms with Gasteiger partial charge in [0.05, 0.1) is 24.2 Å². The summed E-state index contributed by atoms with van der Waals surface area (Å²) in [5.41, 5.74) is 3.12.